The first-order chi connectivity index (χ1) is 8.51. The fourth-order valence-electron chi connectivity index (χ4n) is 1.42. The lowest BCUT2D eigenvalue weighted by Crippen LogP contribution is -2.41. The third-order valence-electron chi connectivity index (χ3n) is 2.29. The van der Waals surface area contributed by atoms with Gasteiger partial charge in [0.1, 0.15) is 4.90 Å². The largest absolute Gasteiger partial charge is 0.400 e. The Balaban J connectivity index is 2.55. The van der Waals surface area contributed by atoms with E-state index in [9.17, 15) is 18.5 Å². The monoisotopic (exact) mass is 265 g/mol. The molecule has 0 unspecified atom stereocenters. The van der Waals surface area contributed by atoms with Crippen LogP contribution in [0.5, 0.6) is 0 Å². The molecule has 7 heteroatoms. The molecule has 6 nitrogen and oxygen atoms in total. The molecule has 0 aliphatic heterocycles. The van der Waals surface area contributed by atoms with Gasteiger partial charge in [0, 0.05) is 24.3 Å². The highest BCUT2D eigenvalue weighted by Gasteiger charge is 2.26. The van der Waals surface area contributed by atoms with Crippen LogP contribution in [0.25, 0.3) is 0 Å². The third kappa shape index (κ3) is 2.21. The number of nitro benzene ring substituents is 1. The predicted molar refractivity (Wildman–Crippen MR) is 62.3 cm³/mol. The molecule has 0 N–H and O–H groups in total. The first-order valence-electron chi connectivity index (χ1n) is 4.98. The highest BCUT2D eigenvalue weighted by atomic mass is 32.2. The topological polar surface area (TPSA) is 81.2 Å². The van der Waals surface area contributed by atoms with E-state index in [1.165, 1.54) is 30.6 Å². The summed E-state index contributed by atoms with van der Waals surface area (Å²) in [7, 11) is -3.78. The zero-order chi connectivity index (χ0) is 13.2. The van der Waals surface area contributed by atoms with Crippen molar-refractivity contribution in [2.24, 2.45) is 0 Å². The summed E-state index contributed by atoms with van der Waals surface area (Å²) in [5.41, 5.74) is -0.257. The van der Waals surface area contributed by atoms with E-state index in [0.29, 0.717) is 0 Å². The van der Waals surface area contributed by atoms with Crippen LogP contribution < -0.4 is 3.97 Å². The second-order valence-corrected chi connectivity index (χ2v) is 5.31. The molecule has 0 aliphatic carbocycles. The van der Waals surface area contributed by atoms with E-state index in [2.05, 4.69) is 0 Å². The number of pyridine rings is 1. The molecular formula is C11H9N2O4S+. The molecule has 1 aromatic carbocycles. The summed E-state index contributed by atoms with van der Waals surface area (Å²) in [4.78, 5) is 9.87. The molecule has 0 atom stereocenters. The fraction of sp³-hybridized carbons (Fsp3) is 0. The number of nitro groups is 1. The van der Waals surface area contributed by atoms with Crippen LogP contribution in [0.3, 0.4) is 0 Å². The Morgan fingerprint density at radius 1 is 1.06 bits per heavy atom. The standard InChI is InChI=1S/C11H9N2O4S/c14-13(15)10-5-4-6-11(9-10)18(16,17)12-7-2-1-3-8-12/h1-9H/q+1. The molecule has 1 heterocycles. The first kappa shape index (κ1) is 12.2. The van der Waals surface area contributed by atoms with Gasteiger partial charge in [-0.3, -0.25) is 10.1 Å². The highest BCUT2D eigenvalue weighted by Crippen LogP contribution is 2.16. The maximum Gasteiger partial charge on any atom is 0.400 e. The normalized spacial score (nSPS) is 11.1. The molecule has 92 valence electrons. The quantitative estimate of drug-likeness (QED) is 0.473. The van der Waals surface area contributed by atoms with E-state index in [1.807, 2.05) is 0 Å². The molecule has 0 saturated carbocycles. The van der Waals surface area contributed by atoms with Gasteiger partial charge in [0.15, 0.2) is 12.4 Å². The molecule has 0 aliphatic rings. The molecule has 0 bridgehead atoms. The van der Waals surface area contributed by atoms with Gasteiger partial charge in [-0.15, -0.1) is 0 Å². The highest BCUT2D eigenvalue weighted by molar-refractivity contribution is 7.85. The minimum atomic E-state index is -3.78. The first-order valence-corrected chi connectivity index (χ1v) is 6.42. The average Bonchev–Trinajstić information content (AvgIpc) is 2.40. The number of hydrogen-bond donors (Lipinski definition) is 0. The fourth-order valence-corrected chi connectivity index (χ4v) is 2.65. The van der Waals surface area contributed by atoms with E-state index < -0.39 is 14.9 Å². The van der Waals surface area contributed by atoms with Crippen molar-refractivity contribution in [1.29, 1.82) is 0 Å². The summed E-state index contributed by atoms with van der Waals surface area (Å²) in [6.07, 6.45) is 2.74. The Kier molecular flexibility index (Phi) is 3.07. The van der Waals surface area contributed by atoms with Gasteiger partial charge in [0.2, 0.25) is 0 Å². The van der Waals surface area contributed by atoms with E-state index in [-0.39, 0.29) is 10.6 Å². The van der Waals surface area contributed by atoms with Crippen molar-refractivity contribution in [3.8, 4) is 0 Å². The van der Waals surface area contributed by atoms with E-state index >= 15 is 0 Å². The Hall–Kier alpha value is -2.28. The Morgan fingerprint density at radius 3 is 2.33 bits per heavy atom. The van der Waals surface area contributed by atoms with Crippen LogP contribution in [0.15, 0.2) is 59.8 Å². The van der Waals surface area contributed by atoms with Gasteiger partial charge in [-0.1, -0.05) is 16.1 Å². The van der Waals surface area contributed by atoms with Crippen LogP contribution in [0.2, 0.25) is 0 Å². The summed E-state index contributed by atoms with van der Waals surface area (Å²) in [6, 6.07) is 9.75. The second kappa shape index (κ2) is 4.53. The smallest absolute Gasteiger partial charge is 0.258 e. The molecule has 0 saturated heterocycles. The predicted octanol–water partition coefficient (Wildman–Crippen LogP) is 1.12. The summed E-state index contributed by atoms with van der Waals surface area (Å²) < 4.78 is 25.3. The molecule has 18 heavy (non-hydrogen) atoms. The van der Waals surface area contributed by atoms with Crippen molar-refractivity contribution in [1.82, 2.24) is 0 Å². The van der Waals surface area contributed by atoms with Crippen LogP contribution in [0.1, 0.15) is 0 Å². The van der Waals surface area contributed by atoms with E-state index in [1.54, 1.807) is 18.2 Å². The van der Waals surface area contributed by atoms with Crippen molar-refractivity contribution < 1.29 is 17.3 Å². The Morgan fingerprint density at radius 2 is 1.72 bits per heavy atom. The van der Waals surface area contributed by atoms with E-state index in [4.69, 9.17) is 0 Å². The van der Waals surface area contributed by atoms with Crippen LogP contribution in [-0.2, 0) is 10.0 Å². The van der Waals surface area contributed by atoms with Gasteiger partial charge in [-0.2, -0.15) is 8.42 Å². The number of nitrogens with zero attached hydrogens (tertiary/aromatic N) is 2. The summed E-state index contributed by atoms with van der Waals surface area (Å²) in [6.45, 7) is 0. The van der Waals surface area contributed by atoms with Crippen molar-refractivity contribution in [3.63, 3.8) is 0 Å². The van der Waals surface area contributed by atoms with Crippen molar-refractivity contribution in [3.05, 3.63) is 65.0 Å². The SMILES string of the molecule is O=[N+]([O-])c1cccc(S(=O)(=O)[n+]2ccccc2)c1. The Bertz CT molecular complexity index is 683. The molecule has 2 aromatic rings. The summed E-state index contributed by atoms with van der Waals surface area (Å²) in [5.74, 6) is 0. The van der Waals surface area contributed by atoms with Gasteiger partial charge < -0.3 is 0 Å². The zero-order valence-corrected chi connectivity index (χ0v) is 9.95. The zero-order valence-electron chi connectivity index (χ0n) is 9.13. The molecule has 0 amide bonds. The molecule has 0 radical (unpaired) electrons. The van der Waals surface area contributed by atoms with Crippen LogP contribution in [0.4, 0.5) is 5.69 Å². The van der Waals surface area contributed by atoms with E-state index in [0.717, 1.165) is 10.0 Å². The lowest BCUT2D eigenvalue weighted by Gasteiger charge is -1.98. The van der Waals surface area contributed by atoms with Gasteiger partial charge in [-0.05, 0) is 6.07 Å². The maximum absolute atomic E-state index is 12.1. The third-order valence-corrected chi connectivity index (χ3v) is 3.94. The average molecular weight is 265 g/mol. The van der Waals surface area contributed by atoms with Crippen LogP contribution in [0, 0.1) is 10.1 Å². The van der Waals surface area contributed by atoms with Crippen molar-refractivity contribution in [2.45, 2.75) is 4.90 Å². The maximum atomic E-state index is 12.1. The number of hydrogen-bond acceptors (Lipinski definition) is 4. The number of aromatic nitrogens is 1. The van der Waals surface area contributed by atoms with Crippen molar-refractivity contribution >= 4 is 15.7 Å². The lowest BCUT2D eigenvalue weighted by molar-refractivity contribution is -0.511. The van der Waals surface area contributed by atoms with Crippen LogP contribution >= 0.6 is 0 Å². The minimum Gasteiger partial charge on any atom is -0.258 e. The molecule has 2 rings (SSSR count). The van der Waals surface area contributed by atoms with Gasteiger partial charge in [0.05, 0.1) is 4.92 Å². The minimum absolute atomic E-state index is 0.118. The molecule has 0 spiro atoms. The lowest BCUT2D eigenvalue weighted by atomic mass is 10.3. The van der Waals surface area contributed by atoms with Crippen LogP contribution in [-0.4, -0.2) is 13.3 Å². The summed E-state index contributed by atoms with van der Waals surface area (Å²) in [5, 5.41) is 10.6. The molecule has 1 aromatic heterocycles. The summed E-state index contributed by atoms with van der Waals surface area (Å²) >= 11 is 0. The number of non-ortho nitro benzene ring substituents is 1. The molecule has 0 fully saturated rings. The Labute approximate surface area is 103 Å². The second-order valence-electron chi connectivity index (χ2n) is 3.46. The number of rotatable bonds is 3. The van der Waals surface area contributed by atoms with Crippen molar-refractivity contribution in [2.75, 3.05) is 0 Å². The van der Waals surface area contributed by atoms with Gasteiger partial charge in [-0.25, -0.2) is 0 Å². The number of benzene rings is 1. The van der Waals surface area contributed by atoms with Gasteiger partial charge >= 0.3 is 10.0 Å². The molecular weight excluding hydrogens is 256 g/mol. The van der Waals surface area contributed by atoms with Gasteiger partial charge in [0.25, 0.3) is 5.69 Å².